The predicted molar refractivity (Wildman–Crippen MR) is 51.7 cm³/mol. The Kier molecular flexibility index (Phi) is 6.79. The summed E-state index contributed by atoms with van der Waals surface area (Å²) in [6.45, 7) is 8.36. The number of nitriles is 1. The van der Waals surface area contributed by atoms with Gasteiger partial charge >= 0.3 is 0 Å². The van der Waals surface area contributed by atoms with Gasteiger partial charge in [0.15, 0.2) is 0 Å². The molecule has 0 rings (SSSR count). The maximum atomic E-state index is 8.64. The summed E-state index contributed by atoms with van der Waals surface area (Å²) < 4.78 is 0. The number of nitrogens with one attached hydrogen (secondary N) is 1. The van der Waals surface area contributed by atoms with Crippen LogP contribution in [0.25, 0.3) is 0 Å². The lowest BCUT2D eigenvalue weighted by atomic mass is 10.1. The average molecular weight is 168 g/mol. The second kappa shape index (κ2) is 7.12. The van der Waals surface area contributed by atoms with Gasteiger partial charge in [-0.25, -0.2) is 0 Å². The second-order valence-electron chi connectivity index (χ2n) is 3.62. The Bertz CT molecular complexity index is 135. The van der Waals surface area contributed by atoms with Crippen LogP contribution >= 0.6 is 0 Å². The SMILES string of the molecule is CCC(C#N)CNCCC(C)C. The highest BCUT2D eigenvalue weighted by Crippen LogP contribution is 1.99. The van der Waals surface area contributed by atoms with E-state index in [1.807, 2.05) is 0 Å². The van der Waals surface area contributed by atoms with E-state index in [1.54, 1.807) is 0 Å². The summed E-state index contributed by atoms with van der Waals surface area (Å²) in [7, 11) is 0. The Labute approximate surface area is 76.0 Å². The largest absolute Gasteiger partial charge is 0.315 e. The maximum Gasteiger partial charge on any atom is 0.0669 e. The molecule has 2 heteroatoms. The molecular weight excluding hydrogens is 148 g/mol. The second-order valence-corrected chi connectivity index (χ2v) is 3.62. The zero-order valence-corrected chi connectivity index (χ0v) is 8.43. The smallest absolute Gasteiger partial charge is 0.0669 e. The molecule has 0 saturated heterocycles. The van der Waals surface area contributed by atoms with Crippen molar-refractivity contribution in [1.29, 1.82) is 5.26 Å². The fourth-order valence-electron chi connectivity index (χ4n) is 0.948. The minimum Gasteiger partial charge on any atom is -0.315 e. The summed E-state index contributed by atoms with van der Waals surface area (Å²) in [5.74, 6) is 0.942. The van der Waals surface area contributed by atoms with Gasteiger partial charge in [0.05, 0.1) is 12.0 Å². The van der Waals surface area contributed by atoms with Gasteiger partial charge in [-0.2, -0.15) is 5.26 Å². The average Bonchev–Trinajstić information content (AvgIpc) is 2.04. The molecule has 0 aromatic carbocycles. The number of hydrogen-bond donors (Lipinski definition) is 1. The van der Waals surface area contributed by atoms with Gasteiger partial charge in [0.2, 0.25) is 0 Å². The van der Waals surface area contributed by atoms with Crippen molar-refractivity contribution in [1.82, 2.24) is 5.32 Å². The molecule has 1 atom stereocenters. The molecule has 70 valence electrons. The highest BCUT2D eigenvalue weighted by Gasteiger charge is 2.02. The van der Waals surface area contributed by atoms with Crippen molar-refractivity contribution in [3.63, 3.8) is 0 Å². The highest BCUT2D eigenvalue weighted by atomic mass is 14.9. The molecule has 2 nitrogen and oxygen atoms in total. The van der Waals surface area contributed by atoms with E-state index >= 15 is 0 Å². The molecule has 0 fully saturated rings. The van der Waals surface area contributed by atoms with Crippen LogP contribution in [0.4, 0.5) is 0 Å². The molecule has 0 bridgehead atoms. The molecule has 0 amide bonds. The van der Waals surface area contributed by atoms with Gasteiger partial charge in [0.1, 0.15) is 0 Å². The Morgan fingerprint density at radius 3 is 2.50 bits per heavy atom. The van der Waals surface area contributed by atoms with E-state index in [4.69, 9.17) is 5.26 Å². The van der Waals surface area contributed by atoms with E-state index in [0.29, 0.717) is 0 Å². The van der Waals surface area contributed by atoms with E-state index in [9.17, 15) is 0 Å². The van der Waals surface area contributed by atoms with Crippen molar-refractivity contribution in [3.05, 3.63) is 0 Å². The summed E-state index contributed by atoms with van der Waals surface area (Å²) in [6.07, 6.45) is 2.15. The summed E-state index contributed by atoms with van der Waals surface area (Å²) in [5, 5.41) is 11.9. The van der Waals surface area contributed by atoms with Crippen LogP contribution in [0.5, 0.6) is 0 Å². The van der Waals surface area contributed by atoms with Gasteiger partial charge in [0, 0.05) is 6.54 Å². The topological polar surface area (TPSA) is 35.8 Å². The van der Waals surface area contributed by atoms with Crippen molar-refractivity contribution in [2.45, 2.75) is 33.6 Å². The summed E-state index contributed by atoms with van der Waals surface area (Å²) in [4.78, 5) is 0. The van der Waals surface area contributed by atoms with Gasteiger partial charge < -0.3 is 5.32 Å². The van der Waals surface area contributed by atoms with E-state index < -0.39 is 0 Å². The maximum absolute atomic E-state index is 8.64. The first-order valence-corrected chi connectivity index (χ1v) is 4.81. The number of rotatable bonds is 6. The zero-order chi connectivity index (χ0) is 9.40. The molecule has 0 saturated carbocycles. The molecule has 12 heavy (non-hydrogen) atoms. The minimum absolute atomic E-state index is 0.192. The Balaban J connectivity index is 3.25. The Morgan fingerprint density at radius 2 is 2.08 bits per heavy atom. The van der Waals surface area contributed by atoms with Crippen molar-refractivity contribution in [2.75, 3.05) is 13.1 Å². The first-order chi connectivity index (χ1) is 5.70. The fraction of sp³-hybridized carbons (Fsp3) is 0.900. The lowest BCUT2D eigenvalue weighted by molar-refractivity contribution is 0.500. The van der Waals surface area contributed by atoms with Crippen LogP contribution in [0.3, 0.4) is 0 Å². The van der Waals surface area contributed by atoms with E-state index in [1.165, 1.54) is 6.42 Å². The van der Waals surface area contributed by atoms with Gasteiger partial charge in [-0.05, 0) is 25.3 Å². The summed E-state index contributed by atoms with van der Waals surface area (Å²) in [5.41, 5.74) is 0. The van der Waals surface area contributed by atoms with Gasteiger partial charge in [-0.1, -0.05) is 20.8 Å². The first-order valence-electron chi connectivity index (χ1n) is 4.81. The highest BCUT2D eigenvalue weighted by molar-refractivity contribution is 4.82. The van der Waals surface area contributed by atoms with E-state index in [-0.39, 0.29) is 5.92 Å². The van der Waals surface area contributed by atoms with Crippen LogP contribution < -0.4 is 5.32 Å². The molecule has 0 aromatic heterocycles. The van der Waals surface area contributed by atoms with Crippen LogP contribution in [-0.2, 0) is 0 Å². The van der Waals surface area contributed by atoms with E-state index in [2.05, 4.69) is 32.2 Å². The lowest BCUT2D eigenvalue weighted by Crippen LogP contribution is -2.23. The standard InChI is InChI=1S/C10H20N2/c1-4-10(7-11)8-12-6-5-9(2)3/h9-10,12H,4-6,8H2,1-3H3. The van der Waals surface area contributed by atoms with Crippen LogP contribution in [0.1, 0.15) is 33.6 Å². The van der Waals surface area contributed by atoms with Crippen LogP contribution in [0, 0.1) is 23.2 Å². The first kappa shape index (κ1) is 11.4. The Morgan fingerprint density at radius 1 is 1.42 bits per heavy atom. The number of nitrogens with zero attached hydrogens (tertiary/aromatic N) is 1. The molecule has 1 unspecified atom stereocenters. The lowest BCUT2D eigenvalue weighted by Gasteiger charge is -2.09. The van der Waals surface area contributed by atoms with Gasteiger partial charge in [0.25, 0.3) is 0 Å². The quantitative estimate of drug-likeness (QED) is 0.617. The monoisotopic (exact) mass is 168 g/mol. The van der Waals surface area contributed by atoms with Crippen LogP contribution in [-0.4, -0.2) is 13.1 Å². The molecule has 0 heterocycles. The molecule has 0 aromatic rings. The summed E-state index contributed by atoms with van der Waals surface area (Å²) >= 11 is 0. The van der Waals surface area contributed by atoms with E-state index in [0.717, 1.165) is 25.4 Å². The van der Waals surface area contributed by atoms with Crippen LogP contribution in [0.15, 0.2) is 0 Å². The van der Waals surface area contributed by atoms with Crippen molar-refractivity contribution >= 4 is 0 Å². The van der Waals surface area contributed by atoms with Crippen molar-refractivity contribution < 1.29 is 0 Å². The van der Waals surface area contributed by atoms with Crippen molar-refractivity contribution in [3.8, 4) is 6.07 Å². The fourth-order valence-corrected chi connectivity index (χ4v) is 0.948. The molecule has 0 spiro atoms. The molecule has 0 aliphatic carbocycles. The van der Waals surface area contributed by atoms with Gasteiger partial charge in [-0.3, -0.25) is 0 Å². The normalized spacial score (nSPS) is 12.9. The third kappa shape index (κ3) is 6.18. The Hall–Kier alpha value is -0.550. The van der Waals surface area contributed by atoms with Gasteiger partial charge in [-0.15, -0.1) is 0 Å². The predicted octanol–water partition coefficient (Wildman–Crippen LogP) is 2.17. The van der Waals surface area contributed by atoms with Crippen LogP contribution in [0.2, 0.25) is 0 Å². The molecule has 1 N–H and O–H groups in total. The summed E-state index contributed by atoms with van der Waals surface area (Å²) in [6, 6.07) is 2.28. The molecule has 0 radical (unpaired) electrons. The molecular formula is C10H20N2. The third-order valence-electron chi connectivity index (χ3n) is 1.96. The van der Waals surface area contributed by atoms with Crippen molar-refractivity contribution in [2.24, 2.45) is 11.8 Å². The molecule has 0 aliphatic rings. The molecule has 0 aliphatic heterocycles. The third-order valence-corrected chi connectivity index (χ3v) is 1.96. The zero-order valence-electron chi connectivity index (χ0n) is 8.43. The minimum atomic E-state index is 0.192. The number of hydrogen-bond acceptors (Lipinski definition) is 2.